The van der Waals surface area contributed by atoms with Crippen molar-refractivity contribution in [2.45, 2.75) is 17.4 Å². The molecule has 1 heterocycles. The van der Waals surface area contributed by atoms with Gasteiger partial charge < -0.3 is 15.5 Å². The number of halogens is 1. The fourth-order valence-electron chi connectivity index (χ4n) is 2.15. The molecule has 1 aliphatic rings. The Balaban J connectivity index is 1.94. The average Bonchev–Trinajstić information content (AvgIpc) is 2.39. The molecule has 0 unspecified atom stereocenters. The Labute approximate surface area is 129 Å². The molecule has 3 nitrogen and oxygen atoms in total. The predicted octanol–water partition coefficient (Wildman–Crippen LogP) is 0.971. The number of hydrogen-bond donors (Lipinski definition) is 3. The molecule has 0 saturated heterocycles. The van der Waals surface area contributed by atoms with Crippen LogP contribution in [-0.2, 0) is 0 Å². The highest BCUT2D eigenvalue weighted by atomic mass is 32.2. The van der Waals surface area contributed by atoms with Crippen molar-refractivity contribution in [1.82, 2.24) is 10.6 Å². The van der Waals surface area contributed by atoms with E-state index in [1.54, 1.807) is 17.8 Å². The van der Waals surface area contributed by atoms with E-state index in [1.165, 1.54) is 11.0 Å². The minimum absolute atomic E-state index is 0.105. The summed E-state index contributed by atoms with van der Waals surface area (Å²) in [6.45, 7) is 1.85. The highest BCUT2D eigenvalue weighted by molar-refractivity contribution is 7.99. The molecule has 1 aromatic carbocycles. The highest BCUT2D eigenvalue weighted by Gasteiger charge is 2.21. The monoisotopic (exact) mass is 314 g/mol. The Morgan fingerprint density at radius 3 is 3.05 bits per heavy atom. The van der Waals surface area contributed by atoms with E-state index < -0.39 is 0 Å². The van der Waals surface area contributed by atoms with Gasteiger partial charge in [0.15, 0.2) is 5.11 Å². The molecule has 0 saturated carbocycles. The fourth-order valence-corrected chi connectivity index (χ4v) is 3.50. The molecule has 1 aromatic rings. The van der Waals surface area contributed by atoms with Gasteiger partial charge in [0.25, 0.3) is 0 Å². The van der Waals surface area contributed by atoms with Crippen LogP contribution in [-0.4, -0.2) is 38.1 Å². The van der Waals surface area contributed by atoms with Gasteiger partial charge in [-0.2, -0.15) is 0 Å². The van der Waals surface area contributed by atoms with Crippen LogP contribution in [0.1, 0.15) is 18.0 Å². The quantitative estimate of drug-likeness (QED) is 0.723. The van der Waals surface area contributed by atoms with E-state index in [4.69, 9.17) is 12.2 Å². The number of thioether (sulfide) groups is 1. The molecular formula is C14H21FN3S2+. The minimum Gasteiger partial charge on any atom is -0.357 e. The largest absolute Gasteiger partial charge is 0.357 e. The first-order chi connectivity index (χ1) is 9.56. The van der Waals surface area contributed by atoms with Crippen molar-refractivity contribution in [3.05, 3.63) is 29.6 Å². The Morgan fingerprint density at radius 1 is 1.50 bits per heavy atom. The van der Waals surface area contributed by atoms with Crippen molar-refractivity contribution in [3.8, 4) is 0 Å². The summed E-state index contributed by atoms with van der Waals surface area (Å²) in [6, 6.07) is 5.10. The lowest BCUT2D eigenvalue weighted by molar-refractivity contribution is -0.856. The van der Waals surface area contributed by atoms with Crippen LogP contribution >= 0.6 is 24.0 Å². The van der Waals surface area contributed by atoms with E-state index in [2.05, 4.69) is 24.7 Å². The zero-order valence-electron chi connectivity index (χ0n) is 11.8. The first-order valence-electron chi connectivity index (χ1n) is 6.82. The summed E-state index contributed by atoms with van der Waals surface area (Å²) in [5.41, 5.74) is 1.02. The summed E-state index contributed by atoms with van der Waals surface area (Å²) < 4.78 is 13.4. The lowest BCUT2D eigenvalue weighted by Crippen LogP contribution is -3.06. The molecule has 0 spiro atoms. The van der Waals surface area contributed by atoms with E-state index >= 15 is 0 Å². The van der Waals surface area contributed by atoms with Crippen LogP contribution in [0, 0.1) is 5.82 Å². The normalized spacial score (nSPS) is 17.7. The Hall–Kier alpha value is -0.850. The van der Waals surface area contributed by atoms with Crippen LogP contribution in [0.3, 0.4) is 0 Å². The molecule has 6 heteroatoms. The maximum Gasteiger partial charge on any atom is 0.166 e. The van der Waals surface area contributed by atoms with Gasteiger partial charge in [0, 0.05) is 10.6 Å². The van der Waals surface area contributed by atoms with Crippen molar-refractivity contribution in [3.63, 3.8) is 0 Å². The van der Waals surface area contributed by atoms with Crippen molar-refractivity contribution < 1.29 is 9.29 Å². The highest BCUT2D eigenvalue weighted by Crippen LogP contribution is 2.36. The van der Waals surface area contributed by atoms with Gasteiger partial charge in [0.1, 0.15) is 5.82 Å². The number of likely N-dealkylation sites (N-methyl/N-ethyl adjacent to an activating group) is 1. The van der Waals surface area contributed by atoms with E-state index in [-0.39, 0.29) is 11.9 Å². The summed E-state index contributed by atoms with van der Waals surface area (Å²) in [5.74, 6) is 0.842. The summed E-state index contributed by atoms with van der Waals surface area (Å²) in [6.07, 6.45) is 0.960. The molecular weight excluding hydrogens is 293 g/mol. The van der Waals surface area contributed by atoms with Gasteiger partial charge in [0.2, 0.25) is 0 Å². The second-order valence-electron chi connectivity index (χ2n) is 5.23. The van der Waals surface area contributed by atoms with Crippen molar-refractivity contribution in [1.29, 1.82) is 0 Å². The summed E-state index contributed by atoms with van der Waals surface area (Å²) in [5, 5.41) is 7.16. The van der Waals surface area contributed by atoms with E-state index in [0.717, 1.165) is 35.7 Å². The molecule has 0 radical (unpaired) electrons. The standard InChI is InChI=1S/C14H20FN3S2/c1-18(2)7-6-16-14(19)17-12-5-8-20-13-4-3-10(15)9-11(12)13/h3-4,9,12H,5-8H2,1-2H3,(H2,16,17,19)/p+1/t12-/m0/s1. The minimum atomic E-state index is -0.187. The maximum absolute atomic E-state index is 13.4. The maximum atomic E-state index is 13.4. The number of benzene rings is 1. The van der Waals surface area contributed by atoms with Crippen LogP contribution in [0.2, 0.25) is 0 Å². The first-order valence-corrected chi connectivity index (χ1v) is 8.21. The lowest BCUT2D eigenvalue weighted by Gasteiger charge is -2.27. The van der Waals surface area contributed by atoms with Crippen LogP contribution in [0.4, 0.5) is 4.39 Å². The number of rotatable bonds is 4. The third-order valence-corrected chi connectivity index (χ3v) is 4.61. The molecule has 0 amide bonds. The predicted molar refractivity (Wildman–Crippen MR) is 85.9 cm³/mol. The molecule has 0 aliphatic carbocycles. The zero-order chi connectivity index (χ0) is 14.5. The molecule has 3 N–H and O–H groups in total. The zero-order valence-corrected chi connectivity index (χ0v) is 13.5. The SMILES string of the molecule is C[NH+](C)CCNC(=S)N[C@H]1CCSc2ccc(F)cc21. The van der Waals surface area contributed by atoms with Gasteiger partial charge in [-0.3, -0.25) is 0 Å². The fraction of sp³-hybridized carbons (Fsp3) is 0.500. The molecule has 20 heavy (non-hydrogen) atoms. The van der Waals surface area contributed by atoms with Gasteiger partial charge in [-0.1, -0.05) is 0 Å². The van der Waals surface area contributed by atoms with E-state index in [0.29, 0.717) is 5.11 Å². The number of hydrogen-bond acceptors (Lipinski definition) is 2. The molecule has 0 fully saturated rings. The van der Waals surface area contributed by atoms with E-state index in [9.17, 15) is 4.39 Å². The van der Waals surface area contributed by atoms with Gasteiger partial charge >= 0.3 is 0 Å². The molecule has 110 valence electrons. The smallest absolute Gasteiger partial charge is 0.166 e. The summed E-state index contributed by atoms with van der Waals surface area (Å²) in [7, 11) is 4.21. The summed E-state index contributed by atoms with van der Waals surface area (Å²) >= 11 is 7.09. The molecule has 0 aromatic heterocycles. The Morgan fingerprint density at radius 2 is 2.30 bits per heavy atom. The number of fused-ring (bicyclic) bond motifs is 1. The van der Waals surface area contributed by atoms with Crippen molar-refractivity contribution >= 4 is 29.1 Å². The van der Waals surface area contributed by atoms with Gasteiger partial charge in [-0.25, -0.2) is 4.39 Å². The number of nitrogens with one attached hydrogen (secondary N) is 3. The Kier molecular flexibility index (Phi) is 5.63. The third kappa shape index (κ3) is 4.33. The lowest BCUT2D eigenvalue weighted by atomic mass is 10.0. The molecule has 1 aliphatic heterocycles. The van der Waals surface area contributed by atoms with Gasteiger partial charge in [-0.05, 0) is 42.4 Å². The van der Waals surface area contributed by atoms with Gasteiger partial charge in [0.05, 0.1) is 33.2 Å². The van der Waals surface area contributed by atoms with Crippen molar-refractivity contribution in [2.75, 3.05) is 32.9 Å². The van der Waals surface area contributed by atoms with Crippen LogP contribution in [0.25, 0.3) is 0 Å². The van der Waals surface area contributed by atoms with Crippen LogP contribution < -0.4 is 15.5 Å². The Bertz CT molecular complexity index is 479. The number of thiocarbonyl (C=S) groups is 1. The van der Waals surface area contributed by atoms with Gasteiger partial charge in [-0.15, -0.1) is 11.8 Å². The number of quaternary nitrogens is 1. The van der Waals surface area contributed by atoms with E-state index in [1.807, 2.05) is 6.07 Å². The van der Waals surface area contributed by atoms with Crippen LogP contribution in [0.5, 0.6) is 0 Å². The topological polar surface area (TPSA) is 28.5 Å². The molecule has 2 rings (SSSR count). The molecule has 1 atom stereocenters. The second-order valence-corrected chi connectivity index (χ2v) is 6.77. The summed E-state index contributed by atoms with van der Waals surface area (Å²) in [4.78, 5) is 2.53. The van der Waals surface area contributed by atoms with Crippen molar-refractivity contribution in [2.24, 2.45) is 0 Å². The third-order valence-electron chi connectivity index (χ3n) is 3.23. The average molecular weight is 314 g/mol. The molecule has 0 bridgehead atoms. The second kappa shape index (κ2) is 7.24. The van der Waals surface area contributed by atoms with Crippen LogP contribution in [0.15, 0.2) is 23.1 Å². The first kappa shape index (κ1) is 15.5.